The molecule has 1 unspecified atom stereocenters. The minimum Gasteiger partial charge on any atom is -0.349 e. The summed E-state index contributed by atoms with van der Waals surface area (Å²) in [6, 6.07) is 5.82. The molecule has 0 amide bonds. The minimum atomic E-state index is 0.0769. The van der Waals surface area contributed by atoms with Gasteiger partial charge in [0.25, 0.3) is 5.56 Å². The largest absolute Gasteiger partial charge is 0.349 e. The average molecular weight is 371 g/mol. The second kappa shape index (κ2) is 7.35. The number of anilines is 1. The number of piperidine rings is 1. The molecular weight excluding hydrogens is 344 g/mol. The van der Waals surface area contributed by atoms with E-state index in [1.54, 1.807) is 0 Å². The highest BCUT2D eigenvalue weighted by Gasteiger charge is 2.19. The molecule has 138 valence electrons. The van der Waals surface area contributed by atoms with Crippen LogP contribution in [-0.2, 0) is 13.0 Å². The normalized spacial score (nSPS) is 20.5. The highest BCUT2D eigenvalue weighted by molar-refractivity contribution is 7.80. The summed E-state index contributed by atoms with van der Waals surface area (Å²) in [7, 11) is 0. The zero-order chi connectivity index (χ0) is 18.1. The molecule has 3 heterocycles. The smallest absolute Gasteiger partial charge is 0.261 e. The molecule has 6 heteroatoms. The second-order valence-corrected chi connectivity index (χ2v) is 8.04. The number of thiocarbonyl (C=S) groups is 1. The maximum absolute atomic E-state index is 13.0. The van der Waals surface area contributed by atoms with Gasteiger partial charge in [0.2, 0.25) is 0 Å². The van der Waals surface area contributed by atoms with Gasteiger partial charge in [-0.3, -0.25) is 9.36 Å². The summed E-state index contributed by atoms with van der Waals surface area (Å²) in [6.45, 7) is 5.04. The maximum Gasteiger partial charge on any atom is 0.261 e. The van der Waals surface area contributed by atoms with Gasteiger partial charge in [0, 0.05) is 31.7 Å². The van der Waals surface area contributed by atoms with Gasteiger partial charge in [-0.1, -0.05) is 13.3 Å². The van der Waals surface area contributed by atoms with Crippen molar-refractivity contribution in [2.24, 2.45) is 5.92 Å². The van der Waals surface area contributed by atoms with Crippen LogP contribution in [0.15, 0.2) is 23.0 Å². The second-order valence-electron chi connectivity index (χ2n) is 7.65. The Kier molecular flexibility index (Phi) is 4.94. The molecule has 4 rings (SSSR count). The summed E-state index contributed by atoms with van der Waals surface area (Å²) < 4.78 is 1.86. The summed E-state index contributed by atoms with van der Waals surface area (Å²) in [5.74, 6) is 1.60. The molecule has 0 spiro atoms. The first kappa shape index (κ1) is 17.5. The summed E-state index contributed by atoms with van der Waals surface area (Å²) in [4.78, 5) is 19.9. The Morgan fingerprint density at radius 2 is 2.12 bits per heavy atom. The fraction of sp³-hybridized carbons (Fsp3) is 0.550. The molecule has 1 atom stereocenters. The van der Waals surface area contributed by atoms with E-state index < -0.39 is 0 Å². The van der Waals surface area contributed by atoms with Crippen LogP contribution in [0, 0.1) is 5.92 Å². The van der Waals surface area contributed by atoms with Crippen molar-refractivity contribution in [1.29, 1.82) is 0 Å². The summed E-state index contributed by atoms with van der Waals surface area (Å²) >= 11 is 5.60. The Hall–Kier alpha value is -1.95. The molecule has 1 N–H and O–H groups in total. The number of benzene rings is 1. The van der Waals surface area contributed by atoms with E-state index in [2.05, 4.69) is 17.1 Å². The molecular formula is C20H26N4OS. The van der Waals surface area contributed by atoms with E-state index in [4.69, 9.17) is 17.2 Å². The topological polar surface area (TPSA) is 50.2 Å². The third-order valence-corrected chi connectivity index (χ3v) is 5.87. The van der Waals surface area contributed by atoms with Crippen LogP contribution in [0.5, 0.6) is 0 Å². The van der Waals surface area contributed by atoms with Gasteiger partial charge < -0.3 is 10.2 Å². The molecule has 0 aliphatic carbocycles. The number of aryl methyl sites for hydroxylation is 1. The summed E-state index contributed by atoms with van der Waals surface area (Å²) in [5.41, 5.74) is 1.73. The van der Waals surface area contributed by atoms with Crippen LogP contribution in [0.1, 0.15) is 44.9 Å². The van der Waals surface area contributed by atoms with Crippen molar-refractivity contribution < 1.29 is 0 Å². The highest BCUT2D eigenvalue weighted by atomic mass is 32.1. The van der Waals surface area contributed by atoms with Crippen molar-refractivity contribution in [3.05, 3.63) is 34.4 Å². The Bertz CT molecular complexity index is 891. The number of fused-ring (bicyclic) bond motifs is 2. The first-order valence-corrected chi connectivity index (χ1v) is 10.1. The van der Waals surface area contributed by atoms with Gasteiger partial charge >= 0.3 is 0 Å². The van der Waals surface area contributed by atoms with Gasteiger partial charge in [-0.15, -0.1) is 0 Å². The van der Waals surface area contributed by atoms with E-state index >= 15 is 0 Å². The lowest BCUT2D eigenvalue weighted by Gasteiger charge is -2.33. The molecule has 1 fully saturated rings. The van der Waals surface area contributed by atoms with E-state index in [-0.39, 0.29) is 5.56 Å². The molecule has 0 bridgehead atoms. The molecule has 2 aliphatic rings. The van der Waals surface area contributed by atoms with Crippen molar-refractivity contribution in [2.45, 2.75) is 52.0 Å². The van der Waals surface area contributed by atoms with Gasteiger partial charge in [0.1, 0.15) is 5.82 Å². The van der Waals surface area contributed by atoms with Crippen molar-refractivity contribution in [3.63, 3.8) is 0 Å². The van der Waals surface area contributed by atoms with Crippen LogP contribution >= 0.6 is 12.2 Å². The molecule has 1 aromatic carbocycles. The molecule has 5 nitrogen and oxygen atoms in total. The van der Waals surface area contributed by atoms with E-state index in [9.17, 15) is 4.79 Å². The molecule has 1 saturated heterocycles. The minimum absolute atomic E-state index is 0.0769. The first-order valence-electron chi connectivity index (χ1n) is 9.71. The van der Waals surface area contributed by atoms with Gasteiger partial charge in [0.15, 0.2) is 5.11 Å². The third-order valence-electron chi connectivity index (χ3n) is 5.51. The highest BCUT2D eigenvalue weighted by Crippen LogP contribution is 2.20. The lowest BCUT2D eigenvalue weighted by molar-refractivity contribution is 0.276. The zero-order valence-corrected chi connectivity index (χ0v) is 16.1. The number of rotatable bonds is 1. The Morgan fingerprint density at radius 3 is 2.96 bits per heavy atom. The SMILES string of the molecule is CC1CCCN(C(=S)Nc2ccc3nc4n(c(=O)c3c2)CCCCC4)C1. The Balaban J connectivity index is 1.62. The lowest BCUT2D eigenvalue weighted by Crippen LogP contribution is -2.41. The van der Waals surface area contributed by atoms with Crippen molar-refractivity contribution in [1.82, 2.24) is 14.5 Å². The maximum atomic E-state index is 13.0. The fourth-order valence-corrected chi connectivity index (χ4v) is 4.36. The van der Waals surface area contributed by atoms with Gasteiger partial charge in [-0.05, 0) is 62.0 Å². The lowest BCUT2D eigenvalue weighted by atomic mass is 10.0. The number of aromatic nitrogens is 2. The van der Waals surface area contributed by atoms with Crippen LogP contribution in [0.25, 0.3) is 10.9 Å². The quantitative estimate of drug-likeness (QED) is 0.778. The third kappa shape index (κ3) is 3.47. The molecule has 0 radical (unpaired) electrons. The van der Waals surface area contributed by atoms with Gasteiger partial charge in [0.05, 0.1) is 10.9 Å². The van der Waals surface area contributed by atoms with Crippen LogP contribution < -0.4 is 10.9 Å². The molecule has 0 saturated carbocycles. The standard InChI is InChI=1S/C20H26N4OS/c1-14-6-5-10-23(13-14)20(26)21-15-8-9-17-16(12-15)19(25)24-11-4-2-3-7-18(24)22-17/h8-9,12,14H,2-7,10-11,13H2,1H3,(H,21,26). The Labute approximate surface area is 159 Å². The predicted molar refractivity (Wildman–Crippen MR) is 110 cm³/mol. The van der Waals surface area contributed by atoms with Crippen LogP contribution in [0.2, 0.25) is 0 Å². The number of hydrogen-bond acceptors (Lipinski definition) is 3. The molecule has 2 aromatic rings. The fourth-order valence-electron chi connectivity index (χ4n) is 4.07. The zero-order valence-electron chi connectivity index (χ0n) is 15.3. The van der Waals surface area contributed by atoms with E-state index in [1.807, 2.05) is 22.8 Å². The molecule has 1 aromatic heterocycles. The van der Waals surface area contributed by atoms with Crippen LogP contribution in [-0.4, -0.2) is 32.7 Å². The summed E-state index contributed by atoms with van der Waals surface area (Å²) in [5, 5.41) is 4.75. The van der Waals surface area contributed by atoms with Crippen molar-refractivity contribution in [2.75, 3.05) is 18.4 Å². The number of nitrogens with one attached hydrogen (secondary N) is 1. The van der Waals surface area contributed by atoms with Crippen molar-refractivity contribution in [3.8, 4) is 0 Å². The molecule has 2 aliphatic heterocycles. The van der Waals surface area contributed by atoms with Crippen molar-refractivity contribution >= 4 is 33.9 Å². The summed E-state index contributed by atoms with van der Waals surface area (Å²) in [6.07, 6.45) is 6.66. The van der Waals surface area contributed by atoms with Crippen LogP contribution in [0.3, 0.4) is 0 Å². The Morgan fingerprint density at radius 1 is 1.23 bits per heavy atom. The van der Waals surface area contributed by atoms with E-state index in [0.29, 0.717) is 11.3 Å². The van der Waals surface area contributed by atoms with Gasteiger partial charge in [-0.2, -0.15) is 0 Å². The first-order chi connectivity index (χ1) is 12.6. The van der Waals surface area contributed by atoms with Crippen LogP contribution in [0.4, 0.5) is 5.69 Å². The molecule has 26 heavy (non-hydrogen) atoms. The van der Waals surface area contributed by atoms with E-state index in [0.717, 1.165) is 67.5 Å². The van der Waals surface area contributed by atoms with E-state index in [1.165, 1.54) is 12.8 Å². The number of nitrogens with zero attached hydrogens (tertiary/aromatic N) is 3. The predicted octanol–water partition coefficient (Wildman–Crippen LogP) is 3.55. The average Bonchev–Trinajstić information content (AvgIpc) is 2.88. The number of likely N-dealkylation sites (tertiary alicyclic amines) is 1. The monoisotopic (exact) mass is 370 g/mol. The number of hydrogen-bond donors (Lipinski definition) is 1. The van der Waals surface area contributed by atoms with Gasteiger partial charge in [-0.25, -0.2) is 4.98 Å².